The second-order valence-corrected chi connectivity index (χ2v) is 3.57. The van der Waals surface area contributed by atoms with Crippen molar-refractivity contribution in [3.63, 3.8) is 0 Å². The van der Waals surface area contributed by atoms with E-state index in [-0.39, 0.29) is 0 Å². The number of carbonyl (C=O) groups excluding carboxylic acids is 1. The third-order valence-corrected chi connectivity index (χ3v) is 2.21. The highest BCUT2D eigenvalue weighted by Crippen LogP contribution is 2.01. The molecule has 4 heteroatoms. The molecule has 0 saturated carbocycles. The highest BCUT2D eigenvalue weighted by molar-refractivity contribution is 5.86. The van der Waals surface area contributed by atoms with Crippen molar-refractivity contribution in [2.75, 3.05) is 0 Å². The molecule has 1 heterocycles. The minimum atomic E-state index is -0.453. The molecule has 0 spiro atoms. The average molecular weight is 243 g/mol. The molecule has 4 nitrogen and oxygen atoms in total. The van der Waals surface area contributed by atoms with Gasteiger partial charge in [-0.3, -0.25) is 0 Å². The summed E-state index contributed by atoms with van der Waals surface area (Å²) in [5, 5.41) is 0. The van der Waals surface area contributed by atoms with E-state index in [2.05, 4.69) is 5.48 Å². The lowest BCUT2D eigenvalue weighted by molar-refractivity contribution is -0.145. The highest BCUT2D eigenvalue weighted by atomic mass is 16.7. The van der Waals surface area contributed by atoms with Crippen LogP contribution in [0.25, 0.3) is 6.08 Å². The molecule has 92 valence electrons. The van der Waals surface area contributed by atoms with Crippen molar-refractivity contribution >= 4 is 12.0 Å². The Balaban J connectivity index is 1.74. The number of hydrogen-bond donors (Lipinski definition) is 1. The number of carbonyl (C=O) groups is 1. The molecular formula is C14H13NO3. The van der Waals surface area contributed by atoms with Crippen molar-refractivity contribution in [2.45, 2.75) is 6.54 Å². The molecule has 0 fully saturated rings. The van der Waals surface area contributed by atoms with Crippen LogP contribution < -0.4 is 5.48 Å². The fourth-order valence-electron chi connectivity index (χ4n) is 1.35. The summed E-state index contributed by atoms with van der Waals surface area (Å²) in [6.07, 6.45) is 4.62. The molecule has 0 aliphatic heterocycles. The van der Waals surface area contributed by atoms with Crippen molar-refractivity contribution in [3.05, 3.63) is 66.1 Å². The third kappa shape index (κ3) is 3.92. The highest BCUT2D eigenvalue weighted by Gasteiger charge is 1.98. The molecule has 0 bridgehead atoms. The molecule has 0 atom stereocenters. The van der Waals surface area contributed by atoms with E-state index in [0.29, 0.717) is 12.3 Å². The molecular weight excluding hydrogens is 230 g/mol. The maximum absolute atomic E-state index is 11.3. The summed E-state index contributed by atoms with van der Waals surface area (Å²) in [5.41, 5.74) is 3.47. The fraction of sp³-hybridized carbons (Fsp3) is 0.0714. The summed E-state index contributed by atoms with van der Waals surface area (Å²) in [4.78, 5) is 16.1. The smallest absolute Gasteiger partial charge is 0.349 e. The van der Waals surface area contributed by atoms with Gasteiger partial charge in [-0.15, -0.1) is 5.48 Å². The van der Waals surface area contributed by atoms with Gasteiger partial charge in [0, 0.05) is 6.08 Å². The molecule has 0 radical (unpaired) electrons. The Labute approximate surface area is 105 Å². The number of nitrogens with one attached hydrogen (secondary N) is 1. The maximum Gasteiger partial charge on any atom is 0.349 e. The third-order valence-electron chi connectivity index (χ3n) is 2.21. The predicted octanol–water partition coefficient (Wildman–Crippen LogP) is 2.54. The van der Waals surface area contributed by atoms with E-state index in [0.717, 1.165) is 5.56 Å². The van der Waals surface area contributed by atoms with Gasteiger partial charge >= 0.3 is 5.97 Å². The average Bonchev–Trinajstić information content (AvgIpc) is 2.91. The van der Waals surface area contributed by atoms with Crippen molar-refractivity contribution in [1.82, 2.24) is 5.48 Å². The molecule has 0 amide bonds. The molecule has 1 aromatic carbocycles. The zero-order chi connectivity index (χ0) is 12.6. The largest absolute Gasteiger partial charge is 0.468 e. The van der Waals surface area contributed by atoms with Gasteiger partial charge in [-0.25, -0.2) is 4.79 Å². The predicted molar refractivity (Wildman–Crippen MR) is 67.1 cm³/mol. The Morgan fingerprint density at radius 3 is 2.78 bits per heavy atom. The number of furan rings is 1. The minimum absolute atomic E-state index is 0.345. The number of rotatable bonds is 5. The molecule has 2 rings (SSSR count). The first-order valence-corrected chi connectivity index (χ1v) is 5.54. The van der Waals surface area contributed by atoms with Gasteiger partial charge in [0.1, 0.15) is 5.76 Å². The monoisotopic (exact) mass is 243 g/mol. The second-order valence-electron chi connectivity index (χ2n) is 3.57. The Hall–Kier alpha value is -2.33. The van der Waals surface area contributed by atoms with E-state index in [1.165, 1.54) is 6.08 Å². The van der Waals surface area contributed by atoms with Crippen molar-refractivity contribution in [1.29, 1.82) is 0 Å². The van der Waals surface area contributed by atoms with Crippen LogP contribution in [0.4, 0.5) is 0 Å². The van der Waals surface area contributed by atoms with Crippen LogP contribution >= 0.6 is 0 Å². The molecule has 0 aliphatic rings. The van der Waals surface area contributed by atoms with Gasteiger partial charge in [-0.2, -0.15) is 0 Å². The SMILES string of the molecule is O=C(/C=C/c1ccccc1)ONCc1ccco1. The maximum atomic E-state index is 11.3. The summed E-state index contributed by atoms with van der Waals surface area (Å²) in [6, 6.07) is 13.1. The Bertz CT molecular complexity index is 503. The minimum Gasteiger partial charge on any atom is -0.468 e. The summed E-state index contributed by atoms with van der Waals surface area (Å²) in [5.74, 6) is 0.250. The quantitative estimate of drug-likeness (QED) is 0.647. The van der Waals surface area contributed by atoms with E-state index in [9.17, 15) is 4.79 Å². The zero-order valence-electron chi connectivity index (χ0n) is 9.71. The number of benzene rings is 1. The van der Waals surface area contributed by atoms with E-state index in [4.69, 9.17) is 9.25 Å². The van der Waals surface area contributed by atoms with Gasteiger partial charge in [0.15, 0.2) is 0 Å². The topological polar surface area (TPSA) is 51.5 Å². The molecule has 0 saturated heterocycles. The van der Waals surface area contributed by atoms with E-state index < -0.39 is 5.97 Å². The fourth-order valence-corrected chi connectivity index (χ4v) is 1.35. The Morgan fingerprint density at radius 2 is 2.06 bits per heavy atom. The Kier molecular flexibility index (Phi) is 4.33. The van der Waals surface area contributed by atoms with Crippen molar-refractivity contribution < 1.29 is 14.0 Å². The number of hydroxylamine groups is 1. The summed E-state index contributed by atoms with van der Waals surface area (Å²) in [6.45, 7) is 0.345. The second kappa shape index (κ2) is 6.42. The molecule has 1 N–H and O–H groups in total. The van der Waals surface area contributed by atoms with Crippen LogP contribution in [0.3, 0.4) is 0 Å². The molecule has 18 heavy (non-hydrogen) atoms. The zero-order valence-corrected chi connectivity index (χ0v) is 9.71. The van der Waals surface area contributed by atoms with Crippen molar-refractivity contribution in [2.24, 2.45) is 0 Å². The van der Waals surface area contributed by atoms with Crippen LogP contribution in [0.1, 0.15) is 11.3 Å². The van der Waals surface area contributed by atoms with Crippen LogP contribution in [0.2, 0.25) is 0 Å². The molecule has 1 aromatic heterocycles. The first kappa shape index (κ1) is 12.1. The normalized spacial score (nSPS) is 10.7. The molecule has 0 unspecified atom stereocenters. The van der Waals surface area contributed by atoms with Crippen molar-refractivity contribution in [3.8, 4) is 0 Å². The molecule has 0 aliphatic carbocycles. The van der Waals surface area contributed by atoms with E-state index >= 15 is 0 Å². The summed E-state index contributed by atoms with van der Waals surface area (Å²) >= 11 is 0. The van der Waals surface area contributed by atoms with E-state index in [1.807, 2.05) is 30.3 Å². The van der Waals surface area contributed by atoms with E-state index in [1.54, 1.807) is 24.5 Å². The van der Waals surface area contributed by atoms with Crippen LogP contribution in [-0.4, -0.2) is 5.97 Å². The van der Waals surface area contributed by atoms with Crippen LogP contribution in [0, 0.1) is 0 Å². The lowest BCUT2D eigenvalue weighted by Crippen LogP contribution is -2.17. The van der Waals surface area contributed by atoms with Gasteiger partial charge in [-0.1, -0.05) is 30.3 Å². The summed E-state index contributed by atoms with van der Waals surface area (Å²) < 4.78 is 5.07. The van der Waals surface area contributed by atoms with Gasteiger partial charge < -0.3 is 9.25 Å². The standard InChI is InChI=1S/C14H13NO3/c16-14(9-8-12-5-2-1-3-6-12)18-15-11-13-7-4-10-17-13/h1-10,15H,11H2/b9-8+. The van der Waals surface area contributed by atoms with Gasteiger partial charge in [0.05, 0.1) is 12.8 Å². The summed E-state index contributed by atoms with van der Waals surface area (Å²) in [7, 11) is 0. The van der Waals surface area contributed by atoms with Crippen LogP contribution in [0.15, 0.2) is 59.2 Å². The number of hydrogen-bond acceptors (Lipinski definition) is 4. The molecule has 2 aromatic rings. The lowest BCUT2D eigenvalue weighted by atomic mass is 10.2. The lowest BCUT2D eigenvalue weighted by Gasteiger charge is -2.00. The first-order chi connectivity index (χ1) is 8.84. The first-order valence-electron chi connectivity index (χ1n) is 5.54. The van der Waals surface area contributed by atoms with Gasteiger partial charge in [0.25, 0.3) is 0 Å². The van der Waals surface area contributed by atoms with Gasteiger partial charge in [-0.05, 0) is 23.8 Å². The van der Waals surface area contributed by atoms with Crippen LogP contribution in [-0.2, 0) is 16.2 Å². The van der Waals surface area contributed by atoms with Gasteiger partial charge in [0.2, 0.25) is 0 Å². The Morgan fingerprint density at radius 1 is 1.22 bits per heavy atom. The van der Waals surface area contributed by atoms with Crippen LogP contribution in [0.5, 0.6) is 0 Å².